The summed E-state index contributed by atoms with van der Waals surface area (Å²) in [6.45, 7) is 7.05. The highest BCUT2D eigenvalue weighted by Crippen LogP contribution is 2.37. The summed E-state index contributed by atoms with van der Waals surface area (Å²) in [5.74, 6) is 5.85. The van der Waals surface area contributed by atoms with Gasteiger partial charge in [-0.15, -0.1) is 6.58 Å². The standard InChI is InChI=1S/C35H33NO4S/c1-4-26-36(41(38,39)33-22-20-28(2)21-23-33)34(27-31-16-10-6-11-17-31)35(40-29(3)37,32-18-12-7-13-19-32)25-24-30-14-8-5-9-15-30/h4-23,34H,1,26-27H2,2-3H3/t34-,35+/m0/s1. The van der Waals surface area contributed by atoms with E-state index in [1.165, 1.54) is 17.3 Å². The van der Waals surface area contributed by atoms with Crippen LogP contribution in [0.2, 0.25) is 0 Å². The Morgan fingerprint density at radius 3 is 2.02 bits per heavy atom. The molecule has 0 radical (unpaired) electrons. The zero-order valence-electron chi connectivity index (χ0n) is 23.2. The van der Waals surface area contributed by atoms with Crippen LogP contribution in [0.25, 0.3) is 0 Å². The lowest BCUT2D eigenvalue weighted by Crippen LogP contribution is -2.55. The van der Waals surface area contributed by atoms with E-state index in [0.29, 0.717) is 11.1 Å². The lowest BCUT2D eigenvalue weighted by molar-refractivity contribution is -0.157. The molecule has 0 fully saturated rings. The molecule has 0 saturated heterocycles. The fraction of sp³-hybridized carbons (Fsp3) is 0.171. The smallest absolute Gasteiger partial charge is 0.304 e. The number of hydrogen-bond donors (Lipinski definition) is 0. The molecule has 0 aromatic heterocycles. The summed E-state index contributed by atoms with van der Waals surface area (Å²) in [4.78, 5) is 13.0. The van der Waals surface area contributed by atoms with Crippen molar-refractivity contribution in [2.75, 3.05) is 6.54 Å². The molecule has 41 heavy (non-hydrogen) atoms. The Morgan fingerprint density at radius 1 is 0.902 bits per heavy atom. The molecular formula is C35H33NO4S. The number of hydrogen-bond acceptors (Lipinski definition) is 4. The largest absolute Gasteiger partial charge is 0.440 e. The molecule has 0 saturated carbocycles. The van der Waals surface area contributed by atoms with E-state index in [1.807, 2.05) is 97.9 Å². The molecule has 6 heteroatoms. The fourth-order valence-corrected chi connectivity index (χ4v) is 6.36. The van der Waals surface area contributed by atoms with Crippen LogP contribution in [-0.4, -0.2) is 31.3 Å². The van der Waals surface area contributed by atoms with Crippen LogP contribution in [0.1, 0.15) is 29.2 Å². The first-order valence-corrected chi connectivity index (χ1v) is 14.8. The van der Waals surface area contributed by atoms with Crippen molar-refractivity contribution in [3.8, 4) is 11.8 Å². The molecule has 4 aromatic carbocycles. The Balaban J connectivity index is 2.05. The van der Waals surface area contributed by atoms with Crippen LogP contribution in [0, 0.1) is 18.8 Å². The number of aryl methyl sites for hydroxylation is 1. The van der Waals surface area contributed by atoms with Crippen LogP contribution in [-0.2, 0) is 31.6 Å². The van der Waals surface area contributed by atoms with E-state index in [4.69, 9.17) is 4.74 Å². The maximum atomic E-state index is 14.4. The van der Waals surface area contributed by atoms with Crippen molar-refractivity contribution in [1.82, 2.24) is 4.31 Å². The molecule has 0 aliphatic rings. The maximum Gasteiger partial charge on any atom is 0.304 e. The Kier molecular flexibility index (Phi) is 9.57. The Bertz CT molecular complexity index is 1620. The Morgan fingerprint density at radius 2 is 1.46 bits per heavy atom. The van der Waals surface area contributed by atoms with Gasteiger partial charge in [0.15, 0.2) is 0 Å². The second-order valence-electron chi connectivity index (χ2n) is 9.69. The highest BCUT2D eigenvalue weighted by molar-refractivity contribution is 7.89. The number of carbonyl (C=O) groups excluding carboxylic acids is 1. The van der Waals surface area contributed by atoms with Gasteiger partial charge in [-0.3, -0.25) is 4.79 Å². The summed E-state index contributed by atoms with van der Waals surface area (Å²) in [5.41, 5.74) is 1.40. The van der Waals surface area contributed by atoms with Gasteiger partial charge >= 0.3 is 5.97 Å². The summed E-state index contributed by atoms with van der Waals surface area (Å²) in [5, 5.41) is 0. The van der Waals surface area contributed by atoms with Gasteiger partial charge in [-0.2, -0.15) is 4.31 Å². The van der Waals surface area contributed by atoms with Gasteiger partial charge in [0.2, 0.25) is 15.6 Å². The molecule has 0 unspecified atom stereocenters. The molecule has 0 heterocycles. The minimum Gasteiger partial charge on any atom is -0.440 e. The average Bonchev–Trinajstić information content (AvgIpc) is 2.98. The van der Waals surface area contributed by atoms with Gasteiger partial charge < -0.3 is 4.74 Å². The van der Waals surface area contributed by atoms with Gasteiger partial charge in [0.1, 0.15) is 0 Å². The van der Waals surface area contributed by atoms with E-state index in [9.17, 15) is 13.2 Å². The number of nitrogens with zero attached hydrogens (tertiary/aromatic N) is 1. The van der Waals surface area contributed by atoms with Gasteiger partial charge in [0.25, 0.3) is 0 Å². The first-order valence-electron chi connectivity index (χ1n) is 13.3. The summed E-state index contributed by atoms with van der Waals surface area (Å²) >= 11 is 0. The molecule has 5 nitrogen and oxygen atoms in total. The van der Waals surface area contributed by atoms with Crippen LogP contribution < -0.4 is 0 Å². The van der Waals surface area contributed by atoms with Crippen LogP contribution in [0.15, 0.2) is 133 Å². The second-order valence-corrected chi connectivity index (χ2v) is 11.6. The Labute approximate surface area is 243 Å². The molecule has 0 aliphatic carbocycles. The average molecular weight is 564 g/mol. The zero-order valence-corrected chi connectivity index (χ0v) is 24.1. The van der Waals surface area contributed by atoms with Gasteiger partial charge in [-0.05, 0) is 49.1 Å². The van der Waals surface area contributed by atoms with E-state index >= 15 is 0 Å². The van der Waals surface area contributed by atoms with E-state index in [1.54, 1.807) is 24.3 Å². The van der Waals surface area contributed by atoms with Crippen LogP contribution in [0.3, 0.4) is 0 Å². The van der Waals surface area contributed by atoms with Gasteiger partial charge in [-0.1, -0.05) is 109 Å². The third-order valence-corrected chi connectivity index (χ3v) is 8.59. The lowest BCUT2D eigenvalue weighted by Gasteiger charge is -2.42. The number of esters is 1. The summed E-state index contributed by atoms with van der Waals surface area (Å²) < 4.78 is 36.3. The van der Waals surface area contributed by atoms with Crippen molar-refractivity contribution in [3.63, 3.8) is 0 Å². The van der Waals surface area contributed by atoms with Gasteiger partial charge in [0, 0.05) is 24.6 Å². The predicted octanol–water partition coefficient (Wildman–Crippen LogP) is 6.29. The number of rotatable bonds is 10. The monoisotopic (exact) mass is 563 g/mol. The molecule has 0 aliphatic heterocycles. The van der Waals surface area contributed by atoms with Crippen molar-refractivity contribution in [2.24, 2.45) is 0 Å². The third-order valence-electron chi connectivity index (χ3n) is 6.70. The van der Waals surface area contributed by atoms with Crippen molar-refractivity contribution >= 4 is 16.0 Å². The summed E-state index contributed by atoms with van der Waals surface area (Å²) in [7, 11) is -4.11. The maximum absolute atomic E-state index is 14.4. The molecule has 2 atom stereocenters. The minimum atomic E-state index is -4.11. The van der Waals surface area contributed by atoms with Crippen LogP contribution in [0.5, 0.6) is 0 Å². The van der Waals surface area contributed by atoms with Gasteiger partial charge in [-0.25, -0.2) is 8.42 Å². The quantitative estimate of drug-likeness (QED) is 0.129. The first-order chi connectivity index (χ1) is 19.8. The van der Waals surface area contributed by atoms with Crippen molar-refractivity contribution in [3.05, 3.63) is 150 Å². The van der Waals surface area contributed by atoms with Crippen LogP contribution >= 0.6 is 0 Å². The van der Waals surface area contributed by atoms with E-state index in [-0.39, 0.29) is 17.9 Å². The highest BCUT2D eigenvalue weighted by atomic mass is 32.2. The van der Waals surface area contributed by atoms with E-state index in [2.05, 4.69) is 18.4 Å². The molecule has 4 rings (SSSR count). The number of sulfonamides is 1. The molecule has 4 aromatic rings. The van der Waals surface area contributed by atoms with Crippen LogP contribution in [0.4, 0.5) is 0 Å². The highest BCUT2D eigenvalue weighted by Gasteiger charge is 2.49. The number of benzene rings is 4. The minimum absolute atomic E-state index is 0.0312. The van der Waals surface area contributed by atoms with Crippen molar-refractivity contribution in [2.45, 2.75) is 36.8 Å². The topological polar surface area (TPSA) is 63.7 Å². The SMILES string of the molecule is C=CCN([C@@H](Cc1ccccc1)[C@](C#Cc1ccccc1)(OC(C)=O)c1ccccc1)S(=O)(=O)c1ccc(C)cc1. The molecule has 208 valence electrons. The number of ether oxygens (including phenoxy) is 1. The van der Waals surface area contributed by atoms with E-state index in [0.717, 1.165) is 11.1 Å². The molecule has 0 amide bonds. The second kappa shape index (κ2) is 13.3. The molecular weight excluding hydrogens is 530 g/mol. The normalized spacial score (nSPS) is 13.3. The molecule has 0 spiro atoms. The number of carbonyl (C=O) groups is 1. The first kappa shape index (κ1) is 29.5. The lowest BCUT2D eigenvalue weighted by atomic mass is 9.82. The van der Waals surface area contributed by atoms with E-state index < -0.39 is 27.6 Å². The molecule has 0 N–H and O–H groups in total. The van der Waals surface area contributed by atoms with Crippen molar-refractivity contribution < 1.29 is 17.9 Å². The van der Waals surface area contributed by atoms with Crippen molar-refractivity contribution in [1.29, 1.82) is 0 Å². The Hall–Kier alpha value is -4.44. The summed E-state index contributed by atoms with van der Waals surface area (Å²) in [6.07, 6.45) is 1.75. The van der Waals surface area contributed by atoms with Gasteiger partial charge in [0.05, 0.1) is 10.9 Å². The zero-order chi connectivity index (χ0) is 29.3. The fourth-order valence-electron chi connectivity index (χ4n) is 4.75. The summed E-state index contributed by atoms with van der Waals surface area (Å²) in [6, 6.07) is 33.7. The predicted molar refractivity (Wildman–Crippen MR) is 162 cm³/mol. The molecule has 0 bridgehead atoms. The third kappa shape index (κ3) is 7.01.